The van der Waals surface area contributed by atoms with Crippen LogP contribution >= 0.6 is 0 Å². The highest BCUT2D eigenvalue weighted by Crippen LogP contribution is 2.56. The highest BCUT2D eigenvalue weighted by molar-refractivity contribution is 5.04. The van der Waals surface area contributed by atoms with Crippen molar-refractivity contribution in [3.8, 4) is 0 Å². The average molecular weight is 268 g/mol. The largest absolute Gasteiger partial charge is 0.390 e. The van der Waals surface area contributed by atoms with E-state index in [2.05, 4.69) is 6.92 Å². The Morgan fingerprint density at radius 2 is 1.84 bits per heavy atom. The molecular weight excluding hydrogens is 240 g/mol. The summed E-state index contributed by atoms with van der Waals surface area (Å²) in [7, 11) is 0. The molecule has 0 aromatic rings. The smallest absolute Gasteiger partial charge is 0.168 e. The summed E-state index contributed by atoms with van der Waals surface area (Å²) in [6, 6.07) is 0. The van der Waals surface area contributed by atoms with Gasteiger partial charge in [0, 0.05) is 12.3 Å². The van der Waals surface area contributed by atoms with Gasteiger partial charge in [-0.25, -0.2) is 0 Å². The minimum absolute atomic E-state index is 0.240. The van der Waals surface area contributed by atoms with Gasteiger partial charge in [0.25, 0.3) is 0 Å². The molecule has 0 aromatic heterocycles. The third-order valence-electron chi connectivity index (χ3n) is 5.99. The summed E-state index contributed by atoms with van der Waals surface area (Å²) < 4.78 is 6.07. The van der Waals surface area contributed by atoms with E-state index < -0.39 is 11.4 Å². The molecule has 0 radical (unpaired) electrons. The molecule has 3 heteroatoms. The van der Waals surface area contributed by atoms with Crippen LogP contribution in [0.5, 0.6) is 0 Å². The van der Waals surface area contributed by atoms with Crippen molar-refractivity contribution >= 4 is 0 Å². The first-order chi connectivity index (χ1) is 8.96. The molecule has 3 rings (SSSR count). The lowest BCUT2D eigenvalue weighted by atomic mass is 9.65. The zero-order valence-electron chi connectivity index (χ0n) is 12.3. The third kappa shape index (κ3) is 2.24. The Hall–Kier alpha value is -0.120. The van der Waals surface area contributed by atoms with E-state index >= 15 is 0 Å². The van der Waals surface area contributed by atoms with E-state index in [4.69, 9.17) is 4.74 Å². The number of fused-ring (bicyclic) bond motifs is 3. The molecule has 1 heterocycles. The van der Waals surface area contributed by atoms with Crippen LogP contribution in [0.4, 0.5) is 0 Å². The fourth-order valence-corrected chi connectivity index (χ4v) is 5.02. The highest BCUT2D eigenvalue weighted by atomic mass is 16.6. The lowest BCUT2D eigenvalue weighted by Gasteiger charge is -2.52. The standard InChI is InChI=1S/C16H28O3/c1-3-4-11-5-6-14-12-7-9-15(2,17)13(12)8-10-16(14,18)19-11/h11-14,17-18H,3-10H2,1-2H3/t11?,12-,13+,14?,15-,16?/m1/s1. The third-order valence-corrected chi connectivity index (χ3v) is 5.99. The lowest BCUT2D eigenvalue weighted by molar-refractivity contribution is -0.313. The van der Waals surface area contributed by atoms with E-state index in [9.17, 15) is 10.2 Å². The first-order valence-corrected chi connectivity index (χ1v) is 8.09. The van der Waals surface area contributed by atoms with Gasteiger partial charge in [-0.1, -0.05) is 13.3 Å². The van der Waals surface area contributed by atoms with Gasteiger partial charge in [-0.2, -0.15) is 0 Å². The van der Waals surface area contributed by atoms with Crippen LogP contribution in [0.2, 0.25) is 0 Å². The summed E-state index contributed by atoms with van der Waals surface area (Å²) in [5, 5.41) is 21.4. The predicted octanol–water partition coefficient (Wildman–Crippen LogP) is 2.84. The Balaban J connectivity index is 1.76. The maximum absolute atomic E-state index is 10.9. The topological polar surface area (TPSA) is 49.7 Å². The molecule has 3 unspecified atom stereocenters. The minimum Gasteiger partial charge on any atom is -0.390 e. The average Bonchev–Trinajstić information content (AvgIpc) is 2.64. The van der Waals surface area contributed by atoms with E-state index in [0.717, 1.165) is 44.9 Å². The van der Waals surface area contributed by atoms with Crippen LogP contribution in [0.15, 0.2) is 0 Å². The maximum atomic E-state index is 10.9. The molecule has 1 saturated heterocycles. The van der Waals surface area contributed by atoms with Gasteiger partial charge in [-0.05, 0) is 57.3 Å². The van der Waals surface area contributed by atoms with Crippen LogP contribution in [0.1, 0.15) is 65.2 Å². The van der Waals surface area contributed by atoms with Gasteiger partial charge < -0.3 is 14.9 Å². The number of rotatable bonds is 2. The SMILES string of the molecule is CCCC1CCC2[C@@H]3CC[C@@](C)(O)[C@H]3CCC2(O)O1. The fraction of sp³-hybridized carbons (Fsp3) is 1.00. The highest BCUT2D eigenvalue weighted by Gasteiger charge is 2.58. The van der Waals surface area contributed by atoms with E-state index in [1.54, 1.807) is 0 Å². The normalized spacial score (nSPS) is 53.7. The van der Waals surface area contributed by atoms with E-state index in [-0.39, 0.29) is 12.0 Å². The van der Waals surface area contributed by atoms with Crippen LogP contribution in [-0.2, 0) is 4.74 Å². The molecule has 0 spiro atoms. The van der Waals surface area contributed by atoms with Gasteiger partial charge in [0.05, 0.1) is 11.7 Å². The zero-order chi connectivity index (χ0) is 13.7. The molecule has 2 aliphatic carbocycles. The molecule has 110 valence electrons. The van der Waals surface area contributed by atoms with Crippen molar-refractivity contribution in [2.45, 2.75) is 82.7 Å². The van der Waals surface area contributed by atoms with Crippen molar-refractivity contribution in [3.63, 3.8) is 0 Å². The van der Waals surface area contributed by atoms with Crippen LogP contribution in [-0.4, -0.2) is 27.7 Å². The molecule has 0 bridgehead atoms. The first kappa shape index (κ1) is 13.8. The molecule has 2 N–H and O–H groups in total. The second kappa shape index (κ2) is 4.71. The summed E-state index contributed by atoms with van der Waals surface area (Å²) >= 11 is 0. The van der Waals surface area contributed by atoms with Crippen LogP contribution < -0.4 is 0 Å². The Bertz CT molecular complexity index is 341. The molecule has 6 atom stereocenters. The van der Waals surface area contributed by atoms with Crippen LogP contribution in [0.3, 0.4) is 0 Å². The summed E-state index contributed by atoms with van der Waals surface area (Å²) in [4.78, 5) is 0. The van der Waals surface area contributed by atoms with Crippen molar-refractivity contribution in [3.05, 3.63) is 0 Å². The zero-order valence-corrected chi connectivity index (χ0v) is 12.3. The van der Waals surface area contributed by atoms with Crippen molar-refractivity contribution in [2.75, 3.05) is 0 Å². The number of aliphatic hydroxyl groups is 2. The van der Waals surface area contributed by atoms with Gasteiger partial charge in [0.1, 0.15) is 0 Å². The van der Waals surface area contributed by atoms with Gasteiger partial charge in [0.15, 0.2) is 5.79 Å². The Kier molecular flexibility index (Phi) is 3.43. The lowest BCUT2D eigenvalue weighted by Crippen LogP contribution is -2.55. The van der Waals surface area contributed by atoms with Gasteiger partial charge in [-0.15, -0.1) is 0 Å². The summed E-state index contributed by atoms with van der Waals surface area (Å²) in [6.45, 7) is 4.15. The predicted molar refractivity (Wildman–Crippen MR) is 73.5 cm³/mol. The number of ether oxygens (including phenoxy) is 1. The summed E-state index contributed by atoms with van der Waals surface area (Å²) in [5.74, 6) is 0.161. The van der Waals surface area contributed by atoms with Crippen molar-refractivity contribution in [1.29, 1.82) is 0 Å². The second-order valence-corrected chi connectivity index (χ2v) is 7.26. The summed E-state index contributed by atoms with van der Waals surface area (Å²) in [5.41, 5.74) is -0.522. The van der Waals surface area contributed by atoms with Gasteiger partial charge in [-0.3, -0.25) is 0 Å². The number of hydrogen-bond acceptors (Lipinski definition) is 3. The number of hydrogen-bond donors (Lipinski definition) is 2. The summed E-state index contributed by atoms with van der Waals surface area (Å²) in [6.07, 6.45) is 8.10. The van der Waals surface area contributed by atoms with Crippen LogP contribution in [0, 0.1) is 17.8 Å². The quantitative estimate of drug-likeness (QED) is 0.809. The van der Waals surface area contributed by atoms with E-state index in [0.29, 0.717) is 18.3 Å². The molecule has 0 aromatic carbocycles. The minimum atomic E-state index is -0.903. The molecule has 0 amide bonds. The molecule has 2 saturated carbocycles. The molecular formula is C16H28O3. The fourth-order valence-electron chi connectivity index (χ4n) is 5.02. The van der Waals surface area contributed by atoms with Crippen molar-refractivity contribution in [1.82, 2.24) is 0 Å². The van der Waals surface area contributed by atoms with Crippen molar-refractivity contribution in [2.24, 2.45) is 17.8 Å². The molecule has 3 aliphatic rings. The van der Waals surface area contributed by atoms with Gasteiger partial charge in [0.2, 0.25) is 0 Å². The maximum Gasteiger partial charge on any atom is 0.168 e. The Labute approximate surface area is 116 Å². The van der Waals surface area contributed by atoms with Crippen molar-refractivity contribution < 1.29 is 14.9 Å². The molecule has 3 fully saturated rings. The van der Waals surface area contributed by atoms with Gasteiger partial charge >= 0.3 is 0 Å². The molecule has 19 heavy (non-hydrogen) atoms. The molecule has 3 nitrogen and oxygen atoms in total. The monoisotopic (exact) mass is 268 g/mol. The van der Waals surface area contributed by atoms with E-state index in [1.807, 2.05) is 6.92 Å². The first-order valence-electron chi connectivity index (χ1n) is 8.09. The van der Waals surface area contributed by atoms with Crippen LogP contribution in [0.25, 0.3) is 0 Å². The Morgan fingerprint density at radius 3 is 2.58 bits per heavy atom. The Morgan fingerprint density at radius 1 is 1.05 bits per heavy atom. The molecule has 1 aliphatic heterocycles. The van der Waals surface area contributed by atoms with E-state index in [1.165, 1.54) is 0 Å². The second-order valence-electron chi connectivity index (χ2n) is 7.26.